The van der Waals surface area contributed by atoms with Gasteiger partial charge in [-0.2, -0.15) is 0 Å². The largest absolute Gasteiger partial charge is 0.492 e. The average Bonchev–Trinajstić information content (AvgIpc) is 2.45. The molecule has 1 saturated heterocycles. The van der Waals surface area contributed by atoms with Crippen molar-refractivity contribution in [2.75, 3.05) is 32.8 Å². The average molecular weight is 328 g/mol. The van der Waals surface area contributed by atoms with E-state index in [0.717, 1.165) is 31.1 Å². The summed E-state index contributed by atoms with van der Waals surface area (Å²) in [5.74, 6) is 1.70. The van der Waals surface area contributed by atoms with Crippen molar-refractivity contribution < 1.29 is 14.2 Å². The Bertz CT molecular complexity index is 428. The Morgan fingerprint density at radius 2 is 1.68 bits per heavy atom. The molecule has 22 heavy (non-hydrogen) atoms. The van der Waals surface area contributed by atoms with Gasteiger partial charge in [0.25, 0.3) is 0 Å². The van der Waals surface area contributed by atoms with Crippen molar-refractivity contribution in [3.63, 3.8) is 0 Å². The molecule has 1 aliphatic heterocycles. The molecular weight excluding hydrogens is 302 g/mol. The van der Waals surface area contributed by atoms with Gasteiger partial charge in [-0.1, -0.05) is 12.7 Å². The van der Waals surface area contributed by atoms with E-state index in [1.54, 1.807) is 6.08 Å². The van der Waals surface area contributed by atoms with Gasteiger partial charge in [-0.3, -0.25) is 4.90 Å². The molecule has 0 radical (unpaired) electrons. The minimum absolute atomic E-state index is 0. The van der Waals surface area contributed by atoms with E-state index in [4.69, 9.17) is 14.2 Å². The highest BCUT2D eigenvalue weighted by molar-refractivity contribution is 5.85. The maximum atomic E-state index is 5.78. The van der Waals surface area contributed by atoms with Crippen LogP contribution in [0.3, 0.4) is 0 Å². The van der Waals surface area contributed by atoms with Gasteiger partial charge in [0.1, 0.15) is 24.7 Å². The summed E-state index contributed by atoms with van der Waals surface area (Å²) in [6.45, 7) is 11.9. The fourth-order valence-electron chi connectivity index (χ4n) is 2.55. The Labute approximate surface area is 139 Å². The predicted molar refractivity (Wildman–Crippen MR) is 91.3 cm³/mol. The van der Waals surface area contributed by atoms with Crippen molar-refractivity contribution in [3.8, 4) is 11.5 Å². The number of morpholine rings is 1. The fraction of sp³-hybridized carbons (Fsp3) is 0.529. The van der Waals surface area contributed by atoms with E-state index in [2.05, 4.69) is 25.3 Å². The molecule has 0 saturated carbocycles. The molecule has 0 N–H and O–H groups in total. The van der Waals surface area contributed by atoms with Gasteiger partial charge >= 0.3 is 0 Å². The number of hydrogen-bond donors (Lipinski definition) is 0. The number of halogens is 1. The van der Waals surface area contributed by atoms with Gasteiger partial charge in [0.05, 0.1) is 12.2 Å². The first-order chi connectivity index (χ1) is 10.2. The summed E-state index contributed by atoms with van der Waals surface area (Å²) in [7, 11) is 0. The second kappa shape index (κ2) is 9.72. The van der Waals surface area contributed by atoms with E-state index in [1.807, 2.05) is 24.3 Å². The molecule has 0 aliphatic carbocycles. The highest BCUT2D eigenvalue weighted by Crippen LogP contribution is 2.18. The zero-order valence-corrected chi connectivity index (χ0v) is 14.2. The molecule has 0 spiro atoms. The lowest BCUT2D eigenvalue weighted by Crippen LogP contribution is -2.46. The van der Waals surface area contributed by atoms with E-state index in [-0.39, 0.29) is 12.4 Å². The SMILES string of the molecule is C=CCOc1ccc(OCCN2CC(C)OC(C)C2)cc1.Cl. The zero-order chi connectivity index (χ0) is 15.1. The normalized spacial score (nSPS) is 21.7. The van der Waals surface area contributed by atoms with Crippen LogP contribution in [0.4, 0.5) is 0 Å². The number of ether oxygens (including phenoxy) is 3. The van der Waals surface area contributed by atoms with Crippen LogP contribution in [0.1, 0.15) is 13.8 Å². The Morgan fingerprint density at radius 3 is 2.23 bits per heavy atom. The molecule has 1 heterocycles. The molecular formula is C17H26ClNO3. The standard InChI is InChI=1S/C17H25NO3.ClH/c1-4-10-19-16-5-7-17(8-6-16)20-11-9-18-12-14(2)21-15(3)13-18;/h4-8,14-15H,1,9-13H2,2-3H3;1H. The van der Waals surface area contributed by atoms with E-state index < -0.39 is 0 Å². The summed E-state index contributed by atoms with van der Waals surface area (Å²) in [4.78, 5) is 2.39. The summed E-state index contributed by atoms with van der Waals surface area (Å²) in [6, 6.07) is 7.70. The van der Waals surface area contributed by atoms with Crippen LogP contribution in [0.25, 0.3) is 0 Å². The molecule has 2 atom stereocenters. The van der Waals surface area contributed by atoms with Crippen LogP contribution in [0, 0.1) is 0 Å². The first-order valence-corrected chi connectivity index (χ1v) is 7.51. The van der Waals surface area contributed by atoms with E-state index in [1.165, 1.54) is 0 Å². The lowest BCUT2D eigenvalue weighted by molar-refractivity contribution is -0.0699. The van der Waals surface area contributed by atoms with Gasteiger partial charge in [0.15, 0.2) is 0 Å². The van der Waals surface area contributed by atoms with Gasteiger partial charge in [-0.25, -0.2) is 0 Å². The highest BCUT2D eigenvalue weighted by Gasteiger charge is 2.21. The van der Waals surface area contributed by atoms with E-state index in [9.17, 15) is 0 Å². The van der Waals surface area contributed by atoms with Crippen LogP contribution in [0.15, 0.2) is 36.9 Å². The molecule has 2 unspecified atom stereocenters. The highest BCUT2D eigenvalue weighted by atomic mass is 35.5. The quantitative estimate of drug-likeness (QED) is 0.720. The van der Waals surface area contributed by atoms with Crippen LogP contribution in [-0.4, -0.2) is 50.0 Å². The summed E-state index contributed by atoms with van der Waals surface area (Å²) < 4.78 is 16.9. The topological polar surface area (TPSA) is 30.9 Å². The van der Waals surface area contributed by atoms with E-state index >= 15 is 0 Å². The summed E-state index contributed by atoms with van der Waals surface area (Å²) in [5.41, 5.74) is 0. The Morgan fingerprint density at radius 1 is 1.14 bits per heavy atom. The summed E-state index contributed by atoms with van der Waals surface area (Å²) >= 11 is 0. The first-order valence-electron chi connectivity index (χ1n) is 7.51. The van der Waals surface area contributed by atoms with E-state index in [0.29, 0.717) is 25.4 Å². The van der Waals surface area contributed by atoms with Crippen LogP contribution in [0.2, 0.25) is 0 Å². The molecule has 124 valence electrons. The van der Waals surface area contributed by atoms with Crippen molar-refractivity contribution in [2.24, 2.45) is 0 Å². The smallest absolute Gasteiger partial charge is 0.120 e. The molecule has 0 aromatic heterocycles. The zero-order valence-electron chi connectivity index (χ0n) is 13.4. The molecule has 1 aromatic rings. The molecule has 1 aliphatic rings. The Balaban J connectivity index is 0.00000242. The predicted octanol–water partition coefficient (Wildman–Crippen LogP) is 3.16. The van der Waals surface area contributed by atoms with Crippen LogP contribution >= 0.6 is 12.4 Å². The minimum Gasteiger partial charge on any atom is -0.492 e. The molecule has 0 bridgehead atoms. The second-order valence-corrected chi connectivity index (χ2v) is 5.44. The Hall–Kier alpha value is -1.23. The van der Waals surface area contributed by atoms with Crippen LogP contribution in [0.5, 0.6) is 11.5 Å². The van der Waals surface area contributed by atoms with Crippen molar-refractivity contribution in [3.05, 3.63) is 36.9 Å². The number of rotatable bonds is 7. The first kappa shape index (κ1) is 18.8. The van der Waals surface area contributed by atoms with Gasteiger partial charge in [0.2, 0.25) is 0 Å². The van der Waals surface area contributed by atoms with Crippen LogP contribution < -0.4 is 9.47 Å². The minimum atomic E-state index is 0. The summed E-state index contributed by atoms with van der Waals surface area (Å²) in [6.07, 6.45) is 2.33. The molecule has 4 nitrogen and oxygen atoms in total. The molecule has 0 amide bonds. The fourth-order valence-corrected chi connectivity index (χ4v) is 2.55. The van der Waals surface area contributed by atoms with Crippen molar-refractivity contribution in [2.45, 2.75) is 26.1 Å². The number of hydrogen-bond acceptors (Lipinski definition) is 4. The molecule has 1 fully saturated rings. The van der Waals surface area contributed by atoms with Crippen molar-refractivity contribution in [1.82, 2.24) is 4.90 Å². The third-order valence-corrected chi connectivity index (χ3v) is 3.36. The third kappa shape index (κ3) is 6.26. The third-order valence-electron chi connectivity index (χ3n) is 3.36. The van der Waals surface area contributed by atoms with Crippen LogP contribution in [-0.2, 0) is 4.74 Å². The monoisotopic (exact) mass is 327 g/mol. The van der Waals surface area contributed by atoms with Crippen molar-refractivity contribution in [1.29, 1.82) is 0 Å². The second-order valence-electron chi connectivity index (χ2n) is 5.44. The molecule has 2 rings (SSSR count). The maximum Gasteiger partial charge on any atom is 0.120 e. The Kier molecular flexibility index (Phi) is 8.31. The van der Waals surface area contributed by atoms with Gasteiger partial charge in [-0.15, -0.1) is 12.4 Å². The molecule has 1 aromatic carbocycles. The maximum absolute atomic E-state index is 5.78. The molecule has 5 heteroatoms. The van der Waals surface area contributed by atoms with Crippen molar-refractivity contribution >= 4 is 12.4 Å². The van der Waals surface area contributed by atoms with Gasteiger partial charge in [0, 0.05) is 19.6 Å². The lowest BCUT2D eigenvalue weighted by atomic mass is 10.2. The number of nitrogens with zero attached hydrogens (tertiary/aromatic N) is 1. The lowest BCUT2D eigenvalue weighted by Gasteiger charge is -2.35. The van der Waals surface area contributed by atoms with Gasteiger partial charge < -0.3 is 14.2 Å². The number of benzene rings is 1. The van der Waals surface area contributed by atoms with Gasteiger partial charge in [-0.05, 0) is 38.1 Å². The summed E-state index contributed by atoms with van der Waals surface area (Å²) in [5, 5.41) is 0.